The van der Waals surface area contributed by atoms with E-state index in [0.717, 1.165) is 17.5 Å². The van der Waals surface area contributed by atoms with Crippen molar-refractivity contribution >= 4 is 6.08 Å². The van der Waals surface area contributed by atoms with Crippen molar-refractivity contribution < 1.29 is 4.39 Å². The molecule has 0 amide bonds. The largest absolute Gasteiger partial charge is 0.207 e. The number of rotatable bonds is 2. The number of hydrogen-bond acceptors (Lipinski definition) is 0. The van der Waals surface area contributed by atoms with Gasteiger partial charge in [0.2, 0.25) is 0 Å². The lowest BCUT2D eigenvalue weighted by molar-refractivity contribution is 0.618. The molecule has 0 fully saturated rings. The van der Waals surface area contributed by atoms with Gasteiger partial charge in [0, 0.05) is 0 Å². The van der Waals surface area contributed by atoms with Crippen LogP contribution in [0.5, 0.6) is 0 Å². The van der Waals surface area contributed by atoms with Crippen LogP contribution >= 0.6 is 0 Å². The van der Waals surface area contributed by atoms with E-state index in [1.165, 1.54) is 6.07 Å². The summed E-state index contributed by atoms with van der Waals surface area (Å²) in [5.41, 5.74) is 1.69. The lowest BCUT2D eigenvalue weighted by Gasteiger charge is -1.99. The smallest absolute Gasteiger partial charge is 0.126 e. The molecule has 1 aromatic carbocycles. The van der Waals surface area contributed by atoms with E-state index in [1.54, 1.807) is 13.0 Å². The average molecular weight is 164 g/mol. The molecule has 0 heterocycles. The van der Waals surface area contributed by atoms with Gasteiger partial charge in [0.1, 0.15) is 5.82 Å². The SMILES string of the molecule is CC/C=C/c1cccc(F)c1C. The predicted octanol–water partition coefficient (Wildman–Crippen LogP) is 3.56. The standard InChI is InChI=1S/C11H13F/c1-3-4-6-10-7-5-8-11(12)9(10)2/h4-8H,3H2,1-2H3/b6-4+. The first-order chi connectivity index (χ1) is 5.75. The minimum absolute atomic E-state index is 0.131. The van der Waals surface area contributed by atoms with Crippen LogP contribution in [0.25, 0.3) is 6.08 Å². The highest BCUT2D eigenvalue weighted by molar-refractivity contribution is 5.53. The zero-order chi connectivity index (χ0) is 8.97. The highest BCUT2D eigenvalue weighted by Crippen LogP contribution is 2.13. The van der Waals surface area contributed by atoms with Crippen molar-refractivity contribution in [2.75, 3.05) is 0 Å². The van der Waals surface area contributed by atoms with E-state index in [9.17, 15) is 4.39 Å². The summed E-state index contributed by atoms with van der Waals surface area (Å²) in [7, 11) is 0. The van der Waals surface area contributed by atoms with Gasteiger partial charge in [-0.1, -0.05) is 31.2 Å². The van der Waals surface area contributed by atoms with Gasteiger partial charge >= 0.3 is 0 Å². The van der Waals surface area contributed by atoms with Gasteiger partial charge in [-0.25, -0.2) is 4.39 Å². The lowest BCUT2D eigenvalue weighted by atomic mass is 10.1. The van der Waals surface area contributed by atoms with Gasteiger partial charge in [-0.3, -0.25) is 0 Å². The first-order valence-corrected chi connectivity index (χ1v) is 4.17. The maximum absolute atomic E-state index is 13.0. The Balaban J connectivity index is 3.00. The summed E-state index contributed by atoms with van der Waals surface area (Å²) in [6, 6.07) is 5.14. The first kappa shape index (κ1) is 8.98. The van der Waals surface area contributed by atoms with Gasteiger partial charge in [0.25, 0.3) is 0 Å². The van der Waals surface area contributed by atoms with Crippen LogP contribution in [0, 0.1) is 12.7 Å². The van der Waals surface area contributed by atoms with Crippen LogP contribution in [0.1, 0.15) is 24.5 Å². The minimum atomic E-state index is -0.131. The molecule has 0 saturated carbocycles. The van der Waals surface area contributed by atoms with Gasteiger partial charge in [0.05, 0.1) is 0 Å². The number of allylic oxidation sites excluding steroid dienone is 1. The molecular weight excluding hydrogens is 151 g/mol. The quantitative estimate of drug-likeness (QED) is 0.627. The van der Waals surface area contributed by atoms with E-state index in [4.69, 9.17) is 0 Å². The highest BCUT2D eigenvalue weighted by Gasteiger charge is 1.98. The van der Waals surface area contributed by atoms with E-state index in [0.29, 0.717) is 0 Å². The second-order valence-corrected chi connectivity index (χ2v) is 2.76. The summed E-state index contributed by atoms with van der Waals surface area (Å²) < 4.78 is 13.0. The third kappa shape index (κ3) is 1.94. The Morgan fingerprint density at radius 3 is 2.83 bits per heavy atom. The fourth-order valence-corrected chi connectivity index (χ4v) is 1.05. The second kappa shape index (κ2) is 4.05. The Morgan fingerprint density at radius 1 is 1.42 bits per heavy atom. The van der Waals surface area contributed by atoms with Crippen LogP contribution in [-0.2, 0) is 0 Å². The molecule has 64 valence electrons. The van der Waals surface area contributed by atoms with Gasteiger partial charge < -0.3 is 0 Å². The molecule has 1 rings (SSSR count). The van der Waals surface area contributed by atoms with Crippen molar-refractivity contribution in [3.05, 3.63) is 41.2 Å². The third-order valence-electron chi connectivity index (χ3n) is 1.84. The molecule has 0 spiro atoms. The van der Waals surface area contributed by atoms with Crippen LogP contribution in [0.2, 0.25) is 0 Å². The monoisotopic (exact) mass is 164 g/mol. The zero-order valence-corrected chi connectivity index (χ0v) is 7.47. The Morgan fingerprint density at radius 2 is 2.17 bits per heavy atom. The molecule has 0 aliphatic carbocycles. The molecular formula is C11H13F. The molecule has 0 aliphatic heterocycles. The number of benzene rings is 1. The van der Waals surface area contributed by atoms with Crippen LogP contribution in [-0.4, -0.2) is 0 Å². The fraction of sp³-hybridized carbons (Fsp3) is 0.273. The molecule has 0 nitrogen and oxygen atoms in total. The van der Waals surface area contributed by atoms with Crippen LogP contribution in [0.15, 0.2) is 24.3 Å². The number of halogens is 1. The lowest BCUT2D eigenvalue weighted by Crippen LogP contribution is -1.85. The Labute approximate surface area is 72.7 Å². The summed E-state index contributed by atoms with van der Waals surface area (Å²) in [5.74, 6) is -0.131. The van der Waals surface area contributed by atoms with Crippen molar-refractivity contribution in [1.29, 1.82) is 0 Å². The van der Waals surface area contributed by atoms with E-state index in [-0.39, 0.29) is 5.82 Å². The Kier molecular flexibility index (Phi) is 3.03. The van der Waals surface area contributed by atoms with E-state index in [1.807, 2.05) is 18.2 Å². The summed E-state index contributed by atoms with van der Waals surface area (Å²) in [6.07, 6.45) is 4.97. The van der Waals surface area contributed by atoms with Gasteiger partial charge in [0.15, 0.2) is 0 Å². The molecule has 12 heavy (non-hydrogen) atoms. The first-order valence-electron chi connectivity index (χ1n) is 4.17. The Bertz CT molecular complexity index is 287. The summed E-state index contributed by atoms with van der Waals surface area (Å²) in [6.45, 7) is 3.86. The molecule has 0 unspecified atom stereocenters. The highest BCUT2D eigenvalue weighted by atomic mass is 19.1. The average Bonchev–Trinajstić information content (AvgIpc) is 2.08. The van der Waals surface area contributed by atoms with Gasteiger partial charge in [-0.15, -0.1) is 0 Å². The summed E-state index contributed by atoms with van der Waals surface area (Å²) >= 11 is 0. The molecule has 0 atom stereocenters. The van der Waals surface area contributed by atoms with Crippen molar-refractivity contribution in [1.82, 2.24) is 0 Å². The summed E-state index contributed by atoms with van der Waals surface area (Å²) in [4.78, 5) is 0. The normalized spacial score (nSPS) is 10.9. The Hall–Kier alpha value is -1.11. The van der Waals surface area contributed by atoms with Gasteiger partial charge in [-0.2, -0.15) is 0 Å². The molecule has 1 heteroatoms. The topological polar surface area (TPSA) is 0 Å². The van der Waals surface area contributed by atoms with Crippen LogP contribution < -0.4 is 0 Å². The maximum Gasteiger partial charge on any atom is 0.126 e. The van der Waals surface area contributed by atoms with Crippen LogP contribution in [0.4, 0.5) is 4.39 Å². The molecule has 0 aromatic heterocycles. The van der Waals surface area contributed by atoms with E-state index in [2.05, 4.69) is 6.92 Å². The van der Waals surface area contributed by atoms with Crippen LogP contribution in [0.3, 0.4) is 0 Å². The molecule has 0 saturated heterocycles. The third-order valence-corrected chi connectivity index (χ3v) is 1.84. The second-order valence-electron chi connectivity index (χ2n) is 2.76. The van der Waals surface area contributed by atoms with E-state index >= 15 is 0 Å². The predicted molar refractivity (Wildman–Crippen MR) is 50.5 cm³/mol. The fourth-order valence-electron chi connectivity index (χ4n) is 1.05. The number of hydrogen-bond donors (Lipinski definition) is 0. The van der Waals surface area contributed by atoms with Crippen molar-refractivity contribution in [2.24, 2.45) is 0 Å². The molecule has 0 bridgehead atoms. The van der Waals surface area contributed by atoms with Gasteiger partial charge in [-0.05, 0) is 30.5 Å². The molecule has 0 radical (unpaired) electrons. The molecule has 1 aromatic rings. The maximum atomic E-state index is 13.0. The minimum Gasteiger partial charge on any atom is -0.207 e. The van der Waals surface area contributed by atoms with E-state index < -0.39 is 0 Å². The van der Waals surface area contributed by atoms with Crippen molar-refractivity contribution in [3.63, 3.8) is 0 Å². The summed E-state index contributed by atoms with van der Waals surface area (Å²) in [5, 5.41) is 0. The zero-order valence-electron chi connectivity index (χ0n) is 7.47. The molecule has 0 N–H and O–H groups in total. The van der Waals surface area contributed by atoms with Crippen molar-refractivity contribution in [2.45, 2.75) is 20.3 Å². The van der Waals surface area contributed by atoms with Crippen molar-refractivity contribution in [3.8, 4) is 0 Å². The molecule has 0 aliphatic rings.